The monoisotopic (exact) mass is 755 g/mol. The van der Waals surface area contributed by atoms with Gasteiger partial charge in [-0.3, -0.25) is 9.59 Å². The molecule has 0 aliphatic heterocycles. The van der Waals surface area contributed by atoms with Gasteiger partial charge in [0.15, 0.2) is 0 Å². The normalized spacial score (nSPS) is 12.0. The van der Waals surface area contributed by atoms with Crippen LogP contribution in [0.4, 0.5) is 5.69 Å². The molecular weight excluding hydrogens is 715 g/mol. The molecule has 276 valence electrons. The van der Waals surface area contributed by atoms with Crippen LogP contribution < -0.4 is 10.7 Å². The molecule has 2 N–H and O–H groups in total. The molecule has 12 nitrogen and oxygen atoms in total. The first kappa shape index (κ1) is 38.8. The van der Waals surface area contributed by atoms with E-state index in [0.29, 0.717) is 17.9 Å². The maximum atomic E-state index is 13.8. The molecule has 0 bridgehead atoms. The van der Waals surface area contributed by atoms with Crippen molar-refractivity contribution in [3.05, 3.63) is 149 Å². The summed E-state index contributed by atoms with van der Waals surface area (Å²) < 4.78 is 63.1. The number of nitrogens with one attached hydrogen (secondary N) is 2. The van der Waals surface area contributed by atoms with Gasteiger partial charge in [-0.1, -0.05) is 77.9 Å². The number of furan rings is 1. The van der Waals surface area contributed by atoms with Gasteiger partial charge in [0.05, 0.1) is 29.1 Å². The Hall–Kier alpha value is -5.41. The van der Waals surface area contributed by atoms with Crippen LogP contribution in [-0.4, -0.2) is 56.6 Å². The Bertz CT molecular complexity index is 2260. The highest BCUT2D eigenvalue weighted by Crippen LogP contribution is 2.23. The molecule has 0 fully saturated rings. The SMILES string of the molecule is CC(=O)Nc1ccc(S(=O)(=O)N(CCc2ccccc2)CC(=O)N/N=C\c2ccc(CN(Cc3ccc(C)cc3)S(=O)(=O)c3ccc(C)cc3)o2)cc1. The fourth-order valence-corrected chi connectivity index (χ4v) is 8.11. The first-order chi connectivity index (χ1) is 25.3. The number of benzene rings is 4. The minimum Gasteiger partial charge on any atom is -0.459 e. The molecule has 14 heteroatoms. The Balaban J connectivity index is 1.27. The van der Waals surface area contributed by atoms with E-state index < -0.39 is 32.5 Å². The second-order valence-corrected chi connectivity index (χ2v) is 16.3. The zero-order chi connectivity index (χ0) is 38.0. The minimum atomic E-state index is -4.12. The molecule has 0 saturated heterocycles. The van der Waals surface area contributed by atoms with Gasteiger partial charge in [-0.15, -0.1) is 0 Å². The third-order valence-corrected chi connectivity index (χ3v) is 11.8. The van der Waals surface area contributed by atoms with Gasteiger partial charge in [0.2, 0.25) is 26.0 Å². The number of hydrogen-bond acceptors (Lipinski definition) is 8. The summed E-state index contributed by atoms with van der Waals surface area (Å²) in [7, 11) is -8.03. The fourth-order valence-electron chi connectivity index (χ4n) is 5.31. The molecule has 5 rings (SSSR count). The van der Waals surface area contributed by atoms with Crippen molar-refractivity contribution in [3.63, 3.8) is 0 Å². The Kier molecular flexibility index (Phi) is 12.7. The average molecular weight is 756 g/mol. The molecule has 0 aliphatic rings. The van der Waals surface area contributed by atoms with Crippen molar-refractivity contribution in [2.45, 2.75) is 50.1 Å². The highest BCUT2D eigenvalue weighted by atomic mass is 32.2. The van der Waals surface area contributed by atoms with Gasteiger partial charge in [-0.2, -0.15) is 13.7 Å². The van der Waals surface area contributed by atoms with E-state index in [1.807, 2.05) is 68.4 Å². The quantitative estimate of drug-likeness (QED) is 0.0976. The third kappa shape index (κ3) is 10.8. The molecule has 1 aromatic heterocycles. The van der Waals surface area contributed by atoms with Gasteiger partial charge in [0.25, 0.3) is 5.91 Å². The van der Waals surface area contributed by atoms with E-state index in [-0.39, 0.29) is 41.1 Å². The molecule has 1 heterocycles. The van der Waals surface area contributed by atoms with Crippen molar-refractivity contribution in [2.75, 3.05) is 18.4 Å². The number of anilines is 1. The molecule has 0 radical (unpaired) electrons. The molecule has 0 saturated carbocycles. The third-order valence-electron chi connectivity index (χ3n) is 8.16. The van der Waals surface area contributed by atoms with Crippen LogP contribution >= 0.6 is 0 Å². The Morgan fingerprint density at radius 1 is 0.698 bits per heavy atom. The lowest BCUT2D eigenvalue weighted by molar-refractivity contribution is -0.121. The van der Waals surface area contributed by atoms with Crippen LogP contribution in [0.5, 0.6) is 0 Å². The second kappa shape index (κ2) is 17.4. The average Bonchev–Trinajstić information content (AvgIpc) is 3.58. The van der Waals surface area contributed by atoms with Crippen LogP contribution in [0, 0.1) is 13.8 Å². The van der Waals surface area contributed by atoms with Crippen LogP contribution in [0.25, 0.3) is 0 Å². The standard InChI is InChI=1S/C39H41N5O7S2/c1-29-9-13-33(14-10-29)26-44(53(49,50)37-19-11-30(2)12-20-37)27-36-18-17-35(51-36)25-40-42-39(46)28-43(24-23-32-7-5-4-6-8-32)52(47,48)38-21-15-34(16-22-38)41-31(3)45/h4-22,25H,23-24,26-28H2,1-3H3,(H,41,45)(H,42,46)/b40-25-. The van der Waals surface area contributed by atoms with Crippen molar-refractivity contribution < 1.29 is 30.8 Å². The lowest BCUT2D eigenvalue weighted by atomic mass is 10.1. The van der Waals surface area contributed by atoms with Crippen molar-refractivity contribution in [2.24, 2.45) is 5.10 Å². The van der Waals surface area contributed by atoms with E-state index in [4.69, 9.17) is 4.42 Å². The Labute approximate surface area is 310 Å². The predicted octanol–water partition coefficient (Wildman–Crippen LogP) is 5.63. The van der Waals surface area contributed by atoms with Crippen LogP contribution in [0.1, 0.15) is 40.7 Å². The number of carbonyl (C=O) groups excluding carboxylic acids is 2. The van der Waals surface area contributed by atoms with Gasteiger partial charge < -0.3 is 9.73 Å². The smallest absolute Gasteiger partial charge is 0.255 e. The second-order valence-electron chi connectivity index (χ2n) is 12.4. The molecule has 0 atom stereocenters. The Morgan fingerprint density at radius 2 is 1.28 bits per heavy atom. The molecule has 2 amide bonds. The molecule has 0 spiro atoms. The summed E-state index contributed by atoms with van der Waals surface area (Å²) in [5, 5.41) is 6.57. The van der Waals surface area contributed by atoms with Gasteiger partial charge in [0.1, 0.15) is 11.5 Å². The van der Waals surface area contributed by atoms with Crippen LogP contribution in [0.2, 0.25) is 0 Å². The maximum Gasteiger partial charge on any atom is 0.255 e. The predicted molar refractivity (Wildman–Crippen MR) is 203 cm³/mol. The highest BCUT2D eigenvalue weighted by Gasteiger charge is 2.28. The van der Waals surface area contributed by atoms with Crippen molar-refractivity contribution in [3.8, 4) is 0 Å². The van der Waals surface area contributed by atoms with Crippen molar-refractivity contribution in [1.82, 2.24) is 14.0 Å². The fraction of sp³-hybridized carbons (Fsp3) is 0.205. The number of nitrogens with zero attached hydrogens (tertiary/aromatic N) is 3. The van der Waals surface area contributed by atoms with Crippen LogP contribution in [0.15, 0.2) is 135 Å². The first-order valence-electron chi connectivity index (χ1n) is 16.7. The summed E-state index contributed by atoms with van der Waals surface area (Å²) in [6, 6.07) is 32.5. The van der Waals surface area contributed by atoms with Crippen LogP contribution in [0.3, 0.4) is 0 Å². The molecule has 0 unspecified atom stereocenters. The molecular formula is C39H41N5O7S2. The van der Waals surface area contributed by atoms with Gasteiger partial charge in [-0.25, -0.2) is 22.3 Å². The largest absolute Gasteiger partial charge is 0.459 e. The molecule has 53 heavy (non-hydrogen) atoms. The minimum absolute atomic E-state index is 0.0169. The number of sulfonamides is 2. The summed E-state index contributed by atoms with van der Waals surface area (Å²) in [6.45, 7) is 4.74. The van der Waals surface area contributed by atoms with E-state index >= 15 is 0 Å². The zero-order valence-corrected chi connectivity index (χ0v) is 31.2. The number of hydrogen-bond donors (Lipinski definition) is 2. The summed E-state index contributed by atoms with van der Waals surface area (Å²) >= 11 is 0. The molecule has 4 aromatic carbocycles. The van der Waals surface area contributed by atoms with Crippen LogP contribution in [-0.2, 0) is 49.1 Å². The van der Waals surface area contributed by atoms with E-state index in [9.17, 15) is 26.4 Å². The van der Waals surface area contributed by atoms with Crippen molar-refractivity contribution in [1.29, 1.82) is 0 Å². The summed E-state index contributed by atoms with van der Waals surface area (Å²) in [5.74, 6) is -0.383. The number of hydrazone groups is 1. The summed E-state index contributed by atoms with van der Waals surface area (Å²) in [5.41, 5.74) is 6.49. The zero-order valence-electron chi connectivity index (χ0n) is 29.6. The number of rotatable bonds is 16. The number of amides is 2. The van der Waals surface area contributed by atoms with E-state index in [1.165, 1.54) is 41.7 Å². The summed E-state index contributed by atoms with van der Waals surface area (Å²) in [4.78, 5) is 24.6. The number of carbonyl (C=O) groups is 2. The van der Waals surface area contributed by atoms with E-state index in [2.05, 4.69) is 15.8 Å². The van der Waals surface area contributed by atoms with Gasteiger partial charge in [0, 0.05) is 25.7 Å². The topological polar surface area (TPSA) is 158 Å². The lowest BCUT2D eigenvalue weighted by Crippen LogP contribution is -2.40. The molecule has 0 aliphatic carbocycles. The van der Waals surface area contributed by atoms with Gasteiger partial charge >= 0.3 is 0 Å². The highest BCUT2D eigenvalue weighted by molar-refractivity contribution is 7.89. The lowest BCUT2D eigenvalue weighted by Gasteiger charge is -2.22. The van der Waals surface area contributed by atoms with Gasteiger partial charge in [-0.05, 0) is 79.9 Å². The maximum absolute atomic E-state index is 13.8. The first-order valence-corrected chi connectivity index (χ1v) is 19.6. The van der Waals surface area contributed by atoms with E-state index in [0.717, 1.165) is 26.6 Å². The Morgan fingerprint density at radius 3 is 1.91 bits per heavy atom. The van der Waals surface area contributed by atoms with Crippen molar-refractivity contribution >= 4 is 43.8 Å². The van der Waals surface area contributed by atoms with E-state index in [1.54, 1.807) is 36.4 Å². The summed E-state index contributed by atoms with van der Waals surface area (Å²) in [6.07, 6.45) is 1.61. The number of aryl methyl sites for hydroxylation is 2. The molecule has 5 aromatic rings.